The summed E-state index contributed by atoms with van der Waals surface area (Å²) in [5.74, 6) is -0.131. The van der Waals surface area contributed by atoms with Crippen molar-refractivity contribution in [3.63, 3.8) is 0 Å². The molecule has 4 aromatic rings. The van der Waals surface area contributed by atoms with Gasteiger partial charge >= 0.3 is 0 Å². The second kappa shape index (κ2) is 10.1. The summed E-state index contributed by atoms with van der Waals surface area (Å²) >= 11 is 1.52. The van der Waals surface area contributed by atoms with Gasteiger partial charge in [-0.05, 0) is 35.4 Å². The number of pyridine rings is 1. The molecule has 34 heavy (non-hydrogen) atoms. The van der Waals surface area contributed by atoms with Gasteiger partial charge in [-0.1, -0.05) is 48.5 Å². The fraction of sp³-hybridized carbons (Fsp3) is 0.185. The summed E-state index contributed by atoms with van der Waals surface area (Å²) in [6, 6.07) is 24.9. The quantitative estimate of drug-likeness (QED) is 0.442. The first-order valence-corrected chi connectivity index (χ1v) is 12.1. The summed E-state index contributed by atoms with van der Waals surface area (Å²) in [6.07, 6.45) is 1.77. The molecule has 5 rings (SSSR count). The number of benzene rings is 2. The molecule has 0 aliphatic carbocycles. The Labute approximate surface area is 202 Å². The Kier molecular flexibility index (Phi) is 6.56. The van der Waals surface area contributed by atoms with Crippen LogP contribution in [0.25, 0.3) is 11.1 Å². The largest absolute Gasteiger partial charge is 0.378 e. The number of hydrogen-bond acceptors (Lipinski definition) is 5. The van der Waals surface area contributed by atoms with Crippen molar-refractivity contribution in [2.45, 2.75) is 6.54 Å². The predicted octanol–water partition coefficient (Wildman–Crippen LogP) is 4.71. The van der Waals surface area contributed by atoms with Gasteiger partial charge in [0.05, 0.1) is 29.6 Å². The summed E-state index contributed by atoms with van der Waals surface area (Å²) in [6.45, 7) is 3.49. The SMILES string of the molecule is O=C(Nc1ccc(Cn2ccccc2=O)cc1)c1cc(-c2ccccc2)c(N2CCOCC2)s1. The molecule has 0 spiro atoms. The molecule has 0 unspecified atom stereocenters. The molecule has 0 saturated carbocycles. The maximum atomic E-state index is 13.1. The van der Waals surface area contributed by atoms with Crippen LogP contribution in [0, 0.1) is 0 Å². The fourth-order valence-electron chi connectivity index (χ4n) is 3.99. The lowest BCUT2D eigenvalue weighted by atomic mass is 10.1. The third-order valence-corrected chi connectivity index (χ3v) is 6.98. The zero-order chi connectivity index (χ0) is 23.3. The van der Waals surface area contributed by atoms with Crippen LogP contribution >= 0.6 is 11.3 Å². The Balaban J connectivity index is 1.34. The highest BCUT2D eigenvalue weighted by Gasteiger charge is 2.22. The van der Waals surface area contributed by atoms with Crippen LogP contribution in [-0.4, -0.2) is 36.8 Å². The van der Waals surface area contributed by atoms with E-state index >= 15 is 0 Å². The Hall–Kier alpha value is -3.68. The fourth-order valence-corrected chi connectivity index (χ4v) is 5.12. The van der Waals surface area contributed by atoms with E-state index in [4.69, 9.17) is 4.74 Å². The van der Waals surface area contributed by atoms with E-state index in [0.717, 1.165) is 40.5 Å². The van der Waals surface area contributed by atoms with Gasteiger partial charge in [0, 0.05) is 36.6 Å². The highest BCUT2D eigenvalue weighted by atomic mass is 32.1. The van der Waals surface area contributed by atoms with Crippen LogP contribution in [0.3, 0.4) is 0 Å². The first kappa shape index (κ1) is 22.1. The standard InChI is InChI=1S/C27H25N3O3S/c31-25-8-4-5-13-30(25)19-20-9-11-22(12-10-20)28-26(32)24-18-23(21-6-2-1-3-7-21)27(34-24)29-14-16-33-17-15-29/h1-13,18H,14-17,19H2,(H,28,32). The summed E-state index contributed by atoms with van der Waals surface area (Å²) in [7, 11) is 0. The summed E-state index contributed by atoms with van der Waals surface area (Å²) in [4.78, 5) is 28.0. The molecule has 1 fully saturated rings. The summed E-state index contributed by atoms with van der Waals surface area (Å²) in [5, 5.41) is 4.12. The van der Waals surface area contributed by atoms with E-state index in [-0.39, 0.29) is 11.5 Å². The number of carbonyl (C=O) groups is 1. The molecule has 1 amide bonds. The van der Waals surface area contributed by atoms with Gasteiger partial charge in [-0.25, -0.2) is 0 Å². The monoisotopic (exact) mass is 471 g/mol. The van der Waals surface area contributed by atoms with Gasteiger partial charge < -0.3 is 19.5 Å². The minimum atomic E-state index is -0.131. The zero-order valence-electron chi connectivity index (χ0n) is 18.6. The van der Waals surface area contributed by atoms with Gasteiger partial charge in [-0.2, -0.15) is 0 Å². The lowest BCUT2D eigenvalue weighted by Gasteiger charge is -2.28. The lowest BCUT2D eigenvalue weighted by molar-refractivity contribution is 0.103. The van der Waals surface area contributed by atoms with Crippen LogP contribution in [0.15, 0.2) is 89.9 Å². The molecule has 2 aromatic heterocycles. The second-order valence-corrected chi connectivity index (χ2v) is 9.14. The number of carbonyl (C=O) groups excluding carboxylic acids is 1. The molecule has 0 atom stereocenters. The highest BCUT2D eigenvalue weighted by Crippen LogP contribution is 2.39. The molecular weight excluding hydrogens is 446 g/mol. The number of thiophene rings is 1. The molecule has 1 saturated heterocycles. The van der Waals surface area contributed by atoms with Crippen molar-refractivity contribution >= 4 is 27.9 Å². The van der Waals surface area contributed by atoms with E-state index in [1.807, 2.05) is 54.6 Å². The molecule has 1 aliphatic heterocycles. The molecule has 7 heteroatoms. The van der Waals surface area contributed by atoms with Gasteiger partial charge in [0.15, 0.2) is 0 Å². The zero-order valence-corrected chi connectivity index (χ0v) is 19.5. The van der Waals surface area contributed by atoms with E-state index < -0.39 is 0 Å². The van der Waals surface area contributed by atoms with Crippen LogP contribution in [0.5, 0.6) is 0 Å². The van der Waals surface area contributed by atoms with Gasteiger partial charge in [-0.15, -0.1) is 11.3 Å². The van der Waals surface area contributed by atoms with E-state index in [1.54, 1.807) is 22.9 Å². The van der Waals surface area contributed by atoms with E-state index in [1.165, 1.54) is 11.3 Å². The van der Waals surface area contributed by atoms with Gasteiger partial charge in [0.2, 0.25) is 0 Å². The van der Waals surface area contributed by atoms with Crippen molar-refractivity contribution < 1.29 is 9.53 Å². The average molecular weight is 472 g/mol. The van der Waals surface area contributed by atoms with E-state index in [0.29, 0.717) is 24.6 Å². The molecule has 6 nitrogen and oxygen atoms in total. The van der Waals surface area contributed by atoms with Crippen molar-refractivity contribution in [3.8, 4) is 11.1 Å². The number of rotatable bonds is 6. The average Bonchev–Trinajstić information content (AvgIpc) is 3.34. The van der Waals surface area contributed by atoms with Crippen molar-refractivity contribution in [1.29, 1.82) is 0 Å². The van der Waals surface area contributed by atoms with Crippen LogP contribution in [0.2, 0.25) is 0 Å². The molecule has 3 heterocycles. The topological polar surface area (TPSA) is 63.6 Å². The first-order chi connectivity index (χ1) is 16.7. The summed E-state index contributed by atoms with van der Waals surface area (Å²) in [5.41, 5.74) is 3.84. The highest BCUT2D eigenvalue weighted by molar-refractivity contribution is 7.18. The van der Waals surface area contributed by atoms with Crippen molar-refractivity contribution in [3.05, 3.63) is 106 Å². The minimum Gasteiger partial charge on any atom is -0.378 e. The molecule has 0 radical (unpaired) electrons. The Morgan fingerprint density at radius 2 is 1.68 bits per heavy atom. The Bertz CT molecular complexity index is 1320. The third kappa shape index (κ3) is 4.95. The lowest BCUT2D eigenvalue weighted by Crippen LogP contribution is -2.35. The third-order valence-electron chi connectivity index (χ3n) is 5.78. The molecule has 2 aromatic carbocycles. The van der Waals surface area contributed by atoms with Crippen LogP contribution in [0.4, 0.5) is 10.7 Å². The number of anilines is 2. The minimum absolute atomic E-state index is 0.0390. The molecular formula is C27H25N3O3S. The maximum Gasteiger partial charge on any atom is 0.265 e. The van der Waals surface area contributed by atoms with Gasteiger partial charge in [0.25, 0.3) is 11.5 Å². The number of morpholine rings is 1. The number of ether oxygens (including phenoxy) is 1. The Morgan fingerprint density at radius 1 is 0.941 bits per heavy atom. The summed E-state index contributed by atoms with van der Waals surface area (Å²) < 4.78 is 7.17. The first-order valence-electron chi connectivity index (χ1n) is 11.2. The molecule has 1 N–H and O–H groups in total. The number of nitrogens with one attached hydrogen (secondary N) is 1. The number of aromatic nitrogens is 1. The smallest absolute Gasteiger partial charge is 0.265 e. The van der Waals surface area contributed by atoms with Crippen LogP contribution in [0.1, 0.15) is 15.2 Å². The van der Waals surface area contributed by atoms with Gasteiger partial charge in [-0.3, -0.25) is 9.59 Å². The van der Waals surface area contributed by atoms with Crippen LogP contribution < -0.4 is 15.8 Å². The van der Waals surface area contributed by atoms with E-state index in [9.17, 15) is 9.59 Å². The van der Waals surface area contributed by atoms with E-state index in [2.05, 4.69) is 22.3 Å². The van der Waals surface area contributed by atoms with Crippen molar-refractivity contribution in [1.82, 2.24) is 4.57 Å². The number of amides is 1. The predicted molar refractivity (Wildman–Crippen MR) is 137 cm³/mol. The molecule has 0 bridgehead atoms. The van der Waals surface area contributed by atoms with Crippen molar-refractivity contribution in [2.24, 2.45) is 0 Å². The molecule has 172 valence electrons. The normalized spacial score (nSPS) is 13.6. The molecule has 1 aliphatic rings. The van der Waals surface area contributed by atoms with Crippen LogP contribution in [-0.2, 0) is 11.3 Å². The number of hydrogen-bond donors (Lipinski definition) is 1. The maximum absolute atomic E-state index is 13.1. The second-order valence-electron chi connectivity index (χ2n) is 8.11. The van der Waals surface area contributed by atoms with Crippen molar-refractivity contribution in [2.75, 3.05) is 36.5 Å². The Morgan fingerprint density at radius 3 is 2.41 bits per heavy atom. The number of nitrogens with zero attached hydrogens (tertiary/aromatic N) is 2. The van der Waals surface area contributed by atoms with Gasteiger partial charge in [0.1, 0.15) is 0 Å².